The molecule has 1 aliphatic rings. The van der Waals surface area contributed by atoms with Crippen molar-refractivity contribution < 1.29 is 4.79 Å². The quantitative estimate of drug-likeness (QED) is 0.828. The summed E-state index contributed by atoms with van der Waals surface area (Å²) in [6.45, 7) is 3.78. The van der Waals surface area contributed by atoms with E-state index in [1.807, 2.05) is 0 Å². The van der Waals surface area contributed by atoms with Crippen LogP contribution >= 0.6 is 12.4 Å². The van der Waals surface area contributed by atoms with E-state index in [0.717, 1.165) is 25.8 Å². The van der Waals surface area contributed by atoms with Crippen molar-refractivity contribution in [2.75, 3.05) is 13.1 Å². The largest absolute Gasteiger partial charge is 0.354 e. The van der Waals surface area contributed by atoms with Crippen LogP contribution in [0.4, 0.5) is 0 Å². The van der Waals surface area contributed by atoms with Gasteiger partial charge in [-0.15, -0.1) is 12.4 Å². The molecular formula is C21H27ClN2O. The van der Waals surface area contributed by atoms with Gasteiger partial charge in [-0.25, -0.2) is 0 Å². The van der Waals surface area contributed by atoms with Gasteiger partial charge in [0.1, 0.15) is 0 Å². The Morgan fingerprint density at radius 2 is 1.84 bits per heavy atom. The average Bonchev–Trinajstić information content (AvgIpc) is 2.65. The van der Waals surface area contributed by atoms with Crippen LogP contribution in [-0.4, -0.2) is 19.0 Å². The summed E-state index contributed by atoms with van der Waals surface area (Å²) in [6.07, 6.45) is 3.45. The summed E-state index contributed by atoms with van der Waals surface area (Å²) in [5.74, 6) is 0.124. The highest BCUT2D eigenvalue weighted by atomic mass is 35.5. The zero-order valence-electron chi connectivity index (χ0n) is 14.8. The predicted octanol–water partition coefficient (Wildman–Crippen LogP) is 3.61. The Balaban J connectivity index is 0.00000225. The van der Waals surface area contributed by atoms with Crippen LogP contribution in [0.1, 0.15) is 41.6 Å². The molecule has 3 nitrogen and oxygen atoms in total. The molecule has 0 fully saturated rings. The summed E-state index contributed by atoms with van der Waals surface area (Å²) in [6, 6.07) is 17.3. The Hall–Kier alpha value is -1.84. The molecule has 1 atom stereocenters. The lowest BCUT2D eigenvalue weighted by Gasteiger charge is -2.27. The van der Waals surface area contributed by atoms with E-state index in [4.69, 9.17) is 0 Å². The van der Waals surface area contributed by atoms with Crippen molar-refractivity contribution in [1.29, 1.82) is 0 Å². The maximum Gasteiger partial charge on any atom is 0.220 e. The molecule has 1 heterocycles. The van der Waals surface area contributed by atoms with Crippen molar-refractivity contribution in [3.8, 4) is 0 Å². The molecule has 4 heteroatoms. The number of halogens is 1. The number of carbonyl (C=O) groups excluding carboxylic acids is 1. The first kappa shape index (κ1) is 19.5. The molecule has 0 aromatic heterocycles. The molecule has 1 aliphatic heterocycles. The van der Waals surface area contributed by atoms with Crippen LogP contribution < -0.4 is 10.6 Å². The third-order valence-electron chi connectivity index (χ3n) is 4.79. The molecule has 1 amide bonds. The Morgan fingerprint density at radius 1 is 1.12 bits per heavy atom. The third-order valence-corrected chi connectivity index (χ3v) is 4.79. The fourth-order valence-corrected chi connectivity index (χ4v) is 3.28. The molecule has 0 aliphatic carbocycles. The van der Waals surface area contributed by atoms with Gasteiger partial charge in [-0.1, -0.05) is 55.5 Å². The number of nitrogens with one attached hydrogen (secondary N) is 2. The highest BCUT2D eigenvalue weighted by molar-refractivity contribution is 5.85. The van der Waals surface area contributed by atoms with E-state index < -0.39 is 0 Å². The third kappa shape index (κ3) is 5.32. The topological polar surface area (TPSA) is 41.1 Å². The van der Waals surface area contributed by atoms with Gasteiger partial charge in [-0.2, -0.15) is 0 Å². The van der Waals surface area contributed by atoms with E-state index in [0.29, 0.717) is 13.0 Å². The van der Waals surface area contributed by atoms with Crippen LogP contribution in [0.15, 0.2) is 48.5 Å². The van der Waals surface area contributed by atoms with Crippen LogP contribution in [0.2, 0.25) is 0 Å². The molecule has 134 valence electrons. The molecular weight excluding hydrogens is 332 g/mol. The van der Waals surface area contributed by atoms with Crippen molar-refractivity contribution in [2.45, 2.75) is 38.6 Å². The zero-order valence-corrected chi connectivity index (χ0v) is 15.6. The second kappa shape index (κ2) is 9.59. The van der Waals surface area contributed by atoms with Gasteiger partial charge in [0, 0.05) is 19.0 Å². The number of aryl methyl sites for hydroxylation is 2. The molecule has 2 aromatic carbocycles. The summed E-state index contributed by atoms with van der Waals surface area (Å²) in [7, 11) is 0. The number of rotatable bonds is 6. The minimum atomic E-state index is 0. The molecule has 1 unspecified atom stereocenters. The molecule has 0 saturated heterocycles. The SMILES string of the molecule is CCc1ccc(CCC(=O)NCC2NCCc3ccccc32)cc1.Cl. The lowest BCUT2D eigenvalue weighted by Crippen LogP contribution is -2.38. The van der Waals surface area contributed by atoms with Crippen molar-refractivity contribution in [2.24, 2.45) is 0 Å². The highest BCUT2D eigenvalue weighted by Gasteiger charge is 2.19. The Labute approximate surface area is 156 Å². The van der Waals surface area contributed by atoms with E-state index in [2.05, 4.69) is 66.1 Å². The normalized spacial score (nSPS) is 15.8. The van der Waals surface area contributed by atoms with Gasteiger partial charge in [0.05, 0.1) is 0 Å². The zero-order chi connectivity index (χ0) is 16.8. The van der Waals surface area contributed by atoms with Crippen molar-refractivity contribution in [3.05, 3.63) is 70.8 Å². The van der Waals surface area contributed by atoms with Gasteiger partial charge in [-0.3, -0.25) is 4.79 Å². The van der Waals surface area contributed by atoms with Crippen molar-refractivity contribution in [3.63, 3.8) is 0 Å². The highest BCUT2D eigenvalue weighted by Crippen LogP contribution is 2.21. The molecule has 2 N–H and O–H groups in total. The first-order valence-corrected chi connectivity index (χ1v) is 8.92. The summed E-state index contributed by atoms with van der Waals surface area (Å²) >= 11 is 0. The number of hydrogen-bond donors (Lipinski definition) is 2. The van der Waals surface area contributed by atoms with Gasteiger partial charge in [0.25, 0.3) is 0 Å². The molecule has 0 saturated carbocycles. The minimum Gasteiger partial charge on any atom is -0.354 e. The number of benzene rings is 2. The van der Waals surface area contributed by atoms with Gasteiger partial charge in [0.15, 0.2) is 0 Å². The number of hydrogen-bond acceptors (Lipinski definition) is 2. The minimum absolute atomic E-state index is 0. The summed E-state index contributed by atoms with van der Waals surface area (Å²) in [5.41, 5.74) is 5.28. The van der Waals surface area contributed by atoms with E-state index in [9.17, 15) is 4.79 Å². The monoisotopic (exact) mass is 358 g/mol. The van der Waals surface area contributed by atoms with E-state index >= 15 is 0 Å². The molecule has 3 rings (SSSR count). The van der Waals surface area contributed by atoms with Crippen molar-refractivity contribution in [1.82, 2.24) is 10.6 Å². The second-order valence-electron chi connectivity index (χ2n) is 6.43. The van der Waals surface area contributed by atoms with E-state index in [1.54, 1.807) is 0 Å². The average molecular weight is 359 g/mol. The van der Waals surface area contributed by atoms with Crippen LogP contribution in [0.5, 0.6) is 0 Å². The van der Waals surface area contributed by atoms with Crippen LogP contribution in [0.3, 0.4) is 0 Å². The Kier molecular flexibility index (Phi) is 7.48. The smallest absolute Gasteiger partial charge is 0.220 e. The second-order valence-corrected chi connectivity index (χ2v) is 6.43. The Bertz CT molecular complexity index is 685. The molecule has 0 spiro atoms. The lowest BCUT2D eigenvalue weighted by atomic mass is 9.94. The number of fused-ring (bicyclic) bond motifs is 1. The van der Waals surface area contributed by atoms with E-state index in [-0.39, 0.29) is 24.4 Å². The van der Waals surface area contributed by atoms with Crippen LogP contribution in [0, 0.1) is 0 Å². The Morgan fingerprint density at radius 3 is 2.60 bits per heavy atom. The summed E-state index contributed by atoms with van der Waals surface area (Å²) in [4.78, 5) is 12.2. The number of amides is 1. The maximum atomic E-state index is 12.2. The molecule has 0 radical (unpaired) electrons. The first-order valence-electron chi connectivity index (χ1n) is 8.92. The summed E-state index contributed by atoms with van der Waals surface area (Å²) < 4.78 is 0. The molecule has 2 aromatic rings. The fourth-order valence-electron chi connectivity index (χ4n) is 3.28. The fraction of sp³-hybridized carbons (Fsp3) is 0.381. The van der Waals surface area contributed by atoms with Crippen molar-refractivity contribution >= 4 is 18.3 Å². The van der Waals surface area contributed by atoms with Gasteiger partial charge < -0.3 is 10.6 Å². The van der Waals surface area contributed by atoms with Gasteiger partial charge >= 0.3 is 0 Å². The summed E-state index contributed by atoms with van der Waals surface area (Å²) in [5, 5.41) is 6.59. The van der Waals surface area contributed by atoms with Crippen LogP contribution in [0.25, 0.3) is 0 Å². The van der Waals surface area contributed by atoms with E-state index in [1.165, 1.54) is 22.3 Å². The van der Waals surface area contributed by atoms with Gasteiger partial charge in [0.2, 0.25) is 5.91 Å². The maximum absolute atomic E-state index is 12.2. The predicted molar refractivity (Wildman–Crippen MR) is 105 cm³/mol. The number of carbonyl (C=O) groups is 1. The van der Waals surface area contributed by atoms with Crippen LogP contribution in [-0.2, 0) is 24.1 Å². The first-order chi connectivity index (χ1) is 11.8. The molecule has 0 bridgehead atoms. The molecule has 25 heavy (non-hydrogen) atoms. The van der Waals surface area contributed by atoms with Gasteiger partial charge in [-0.05, 0) is 48.1 Å². The standard InChI is InChI=1S/C21H26N2O.ClH/c1-2-16-7-9-17(10-8-16)11-12-21(24)23-15-20-19-6-4-3-5-18(19)13-14-22-20;/h3-10,20,22H,2,11-15H2,1H3,(H,23,24);1H. The lowest BCUT2D eigenvalue weighted by molar-refractivity contribution is -0.121.